The minimum atomic E-state index is -0.133. The summed E-state index contributed by atoms with van der Waals surface area (Å²) in [4.78, 5) is 21.1. The van der Waals surface area contributed by atoms with Crippen LogP contribution in [-0.4, -0.2) is 68.9 Å². The molecule has 2 N–H and O–H groups in total. The van der Waals surface area contributed by atoms with E-state index < -0.39 is 0 Å². The van der Waals surface area contributed by atoms with Gasteiger partial charge >= 0.3 is 6.03 Å². The van der Waals surface area contributed by atoms with Crippen LogP contribution in [-0.2, 0) is 11.3 Å². The van der Waals surface area contributed by atoms with Gasteiger partial charge < -0.3 is 25.2 Å². The highest BCUT2D eigenvalue weighted by Gasteiger charge is 2.16. The number of ether oxygens (including phenoxy) is 1. The van der Waals surface area contributed by atoms with Gasteiger partial charge in [-0.3, -0.25) is 0 Å². The summed E-state index contributed by atoms with van der Waals surface area (Å²) in [5.41, 5.74) is 1.01. The maximum atomic E-state index is 11.9. The van der Waals surface area contributed by atoms with Gasteiger partial charge in [0.15, 0.2) is 0 Å². The first-order chi connectivity index (χ1) is 12.2. The summed E-state index contributed by atoms with van der Waals surface area (Å²) in [5.74, 6) is 1.46. The molecule has 138 valence electrons. The third-order valence-corrected chi connectivity index (χ3v) is 4.88. The van der Waals surface area contributed by atoms with E-state index in [9.17, 15) is 4.79 Å². The summed E-state index contributed by atoms with van der Waals surface area (Å²) in [5, 5.41) is 5.79. The molecule has 0 saturated carbocycles. The summed E-state index contributed by atoms with van der Waals surface area (Å²) < 4.78 is 5.31. The zero-order valence-corrected chi connectivity index (χ0v) is 15.0. The van der Waals surface area contributed by atoms with Crippen molar-refractivity contribution in [2.24, 2.45) is 5.92 Å². The van der Waals surface area contributed by atoms with Crippen molar-refractivity contribution in [3.05, 3.63) is 23.9 Å². The second kappa shape index (κ2) is 9.01. The highest BCUT2D eigenvalue weighted by molar-refractivity contribution is 5.73. The van der Waals surface area contributed by atoms with Crippen LogP contribution in [0.1, 0.15) is 18.4 Å². The number of nitrogens with one attached hydrogen (secondary N) is 2. The van der Waals surface area contributed by atoms with Crippen LogP contribution < -0.4 is 15.5 Å². The third kappa shape index (κ3) is 5.57. The molecule has 2 aliphatic heterocycles. The van der Waals surface area contributed by atoms with Crippen LogP contribution in [0.4, 0.5) is 10.6 Å². The Morgan fingerprint density at radius 3 is 2.96 bits per heavy atom. The topological polar surface area (TPSA) is 69.7 Å². The Balaban J connectivity index is 1.41. The molecule has 1 aromatic heterocycles. The van der Waals surface area contributed by atoms with Gasteiger partial charge in [0, 0.05) is 51.4 Å². The van der Waals surface area contributed by atoms with E-state index in [2.05, 4.69) is 38.5 Å². The molecule has 1 aromatic rings. The standard InChI is InChI=1S/C18H29N5O2/c1-22-6-2-7-23(9-8-22)17-4-3-15(11-19-17)12-20-18(24)21-13-16-5-10-25-14-16/h3-4,11,16H,2,5-10,12-14H2,1H3,(H2,20,21,24). The molecule has 3 heterocycles. The molecule has 2 amide bonds. The van der Waals surface area contributed by atoms with E-state index in [1.54, 1.807) is 0 Å². The van der Waals surface area contributed by atoms with E-state index in [1.807, 2.05) is 12.3 Å². The lowest BCUT2D eigenvalue weighted by molar-refractivity contribution is 0.185. The van der Waals surface area contributed by atoms with Gasteiger partial charge in [0.05, 0.1) is 6.61 Å². The number of carbonyl (C=O) groups excluding carboxylic acids is 1. The van der Waals surface area contributed by atoms with Gasteiger partial charge in [-0.1, -0.05) is 6.07 Å². The van der Waals surface area contributed by atoms with Gasteiger partial charge in [-0.25, -0.2) is 9.78 Å². The number of amides is 2. The number of anilines is 1. The molecule has 1 atom stereocenters. The smallest absolute Gasteiger partial charge is 0.315 e. The van der Waals surface area contributed by atoms with Crippen LogP contribution in [0.2, 0.25) is 0 Å². The molecular formula is C18H29N5O2. The quantitative estimate of drug-likeness (QED) is 0.833. The molecule has 25 heavy (non-hydrogen) atoms. The monoisotopic (exact) mass is 347 g/mol. The molecule has 2 saturated heterocycles. The summed E-state index contributed by atoms with van der Waals surface area (Å²) in [6.07, 6.45) is 4.04. The lowest BCUT2D eigenvalue weighted by Crippen LogP contribution is -2.38. The number of urea groups is 1. The van der Waals surface area contributed by atoms with Gasteiger partial charge in [0.1, 0.15) is 5.82 Å². The maximum absolute atomic E-state index is 11.9. The number of nitrogens with zero attached hydrogens (tertiary/aromatic N) is 3. The minimum Gasteiger partial charge on any atom is -0.381 e. The number of carbonyl (C=O) groups is 1. The van der Waals surface area contributed by atoms with Crippen molar-refractivity contribution >= 4 is 11.8 Å². The van der Waals surface area contributed by atoms with Crippen LogP contribution in [0.25, 0.3) is 0 Å². The highest BCUT2D eigenvalue weighted by atomic mass is 16.5. The molecule has 0 radical (unpaired) electrons. The number of pyridine rings is 1. The van der Waals surface area contributed by atoms with Gasteiger partial charge in [-0.05, 0) is 38.1 Å². The third-order valence-electron chi connectivity index (χ3n) is 4.88. The molecular weight excluding hydrogens is 318 g/mol. The summed E-state index contributed by atoms with van der Waals surface area (Å²) >= 11 is 0. The van der Waals surface area contributed by atoms with E-state index in [-0.39, 0.29) is 6.03 Å². The van der Waals surface area contributed by atoms with E-state index in [1.165, 1.54) is 0 Å². The van der Waals surface area contributed by atoms with E-state index >= 15 is 0 Å². The largest absolute Gasteiger partial charge is 0.381 e. The predicted octanol–water partition coefficient (Wildman–Crippen LogP) is 1.06. The average Bonchev–Trinajstić information content (AvgIpc) is 3.06. The first kappa shape index (κ1) is 17.9. The maximum Gasteiger partial charge on any atom is 0.315 e. The summed E-state index contributed by atoms with van der Waals surface area (Å²) in [6, 6.07) is 3.96. The Morgan fingerprint density at radius 1 is 1.28 bits per heavy atom. The number of rotatable bonds is 5. The molecule has 2 fully saturated rings. The molecule has 0 aliphatic carbocycles. The molecule has 7 heteroatoms. The Labute approximate surface area is 149 Å². The highest BCUT2D eigenvalue weighted by Crippen LogP contribution is 2.14. The number of aromatic nitrogens is 1. The van der Waals surface area contributed by atoms with E-state index in [0.717, 1.165) is 63.6 Å². The fraction of sp³-hybridized carbons (Fsp3) is 0.667. The fourth-order valence-electron chi connectivity index (χ4n) is 3.21. The summed E-state index contributed by atoms with van der Waals surface area (Å²) in [6.45, 7) is 6.97. The summed E-state index contributed by atoms with van der Waals surface area (Å²) in [7, 11) is 2.16. The molecule has 0 aromatic carbocycles. The van der Waals surface area contributed by atoms with E-state index in [4.69, 9.17) is 4.74 Å². The second-order valence-corrected chi connectivity index (χ2v) is 6.96. The molecule has 0 bridgehead atoms. The van der Waals surface area contributed by atoms with Crippen LogP contribution in [0.15, 0.2) is 18.3 Å². The number of hydrogen-bond acceptors (Lipinski definition) is 5. The van der Waals surface area contributed by atoms with Crippen LogP contribution in [0.3, 0.4) is 0 Å². The van der Waals surface area contributed by atoms with Crippen molar-refractivity contribution in [2.75, 3.05) is 57.9 Å². The molecule has 0 spiro atoms. The number of hydrogen-bond donors (Lipinski definition) is 2. The Morgan fingerprint density at radius 2 is 2.20 bits per heavy atom. The molecule has 7 nitrogen and oxygen atoms in total. The minimum absolute atomic E-state index is 0.133. The Kier molecular flexibility index (Phi) is 6.47. The molecule has 1 unspecified atom stereocenters. The lowest BCUT2D eigenvalue weighted by atomic mass is 10.1. The van der Waals surface area contributed by atoms with Crippen molar-refractivity contribution < 1.29 is 9.53 Å². The van der Waals surface area contributed by atoms with Crippen molar-refractivity contribution in [1.82, 2.24) is 20.5 Å². The lowest BCUT2D eigenvalue weighted by Gasteiger charge is -2.21. The fourth-order valence-corrected chi connectivity index (χ4v) is 3.21. The molecule has 3 rings (SSSR count). The Hall–Kier alpha value is -1.86. The predicted molar refractivity (Wildman–Crippen MR) is 97.7 cm³/mol. The van der Waals surface area contributed by atoms with Crippen molar-refractivity contribution in [3.8, 4) is 0 Å². The van der Waals surface area contributed by atoms with Crippen molar-refractivity contribution in [2.45, 2.75) is 19.4 Å². The zero-order valence-electron chi connectivity index (χ0n) is 15.0. The van der Waals surface area contributed by atoms with Crippen LogP contribution >= 0.6 is 0 Å². The van der Waals surface area contributed by atoms with Crippen LogP contribution in [0.5, 0.6) is 0 Å². The SMILES string of the molecule is CN1CCCN(c2ccc(CNC(=O)NCC3CCOC3)cn2)CC1. The van der Waals surface area contributed by atoms with Gasteiger partial charge in [-0.2, -0.15) is 0 Å². The average molecular weight is 347 g/mol. The first-order valence-electron chi connectivity index (χ1n) is 9.18. The van der Waals surface area contributed by atoms with E-state index in [0.29, 0.717) is 19.0 Å². The Bertz CT molecular complexity index is 545. The second-order valence-electron chi connectivity index (χ2n) is 6.96. The van der Waals surface area contributed by atoms with Gasteiger partial charge in [-0.15, -0.1) is 0 Å². The molecule has 2 aliphatic rings. The van der Waals surface area contributed by atoms with Crippen LogP contribution in [0, 0.1) is 5.92 Å². The first-order valence-corrected chi connectivity index (χ1v) is 9.18. The number of likely N-dealkylation sites (N-methyl/N-ethyl adjacent to an activating group) is 1. The van der Waals surface area contributed by atoms with Crippen molar-refractivity contribution in [3.63, 3.8) is 0 Å². The normalized spacial score (nSPS) is 21.8. The van der Waals surface area contributed by atoms with Gasteiger partial charge in [0.25, 0.3) is 0 Å². The van der Waals surface area contributed by atoms with Gasteiger partial charge in [0.2, 0.25) is 0 Å². The van der Waals surface area contributed by atoms with Crippen molar-refractivity contribution in [1.29, 1.82) is 0 Å². The zero-order chi connectivity index (χ0) is 17.5.